The Morgan fingerprint density at radius 2 is 1.83 bits per heavy atom. The highest BCUT2D eigenvalue weighted by Gasteiger charge is 2.08. The van der Waals surface area contributed by atoms with Crippen LogP contribution in [-0.2, 0) is 12.8 Å². The number of nitrogens with zero attached hydrogens (tertiary/aromatic N) is 5. The lowest BCUT2D eigenvalue weighted by Gasteiger charge is -2.05. The maximum absolute atomic E-state index is 12.3. The summed E-state index contributed by atoms with van der Waals surface area (Å²) in [6.45, 7) is 1.72. The molecule has 1 heterocycles. The Labute approximate surface area is 171 Å². The number of nitro groups is 1. The van der Waals surface area contributed by atoms with Gasteiger partial charge in [-0.2, -0.15) is 5.10 Å². The number of rotatable bonds is 7. The highest BCUT2D eigenvalue weighted by molar-refractivity contribution is 7.98. The number of thioether (sulfide) groups is 1. The first-order valence-electron chi connectivity index (χ1n) is 8.59. The molecule has 1 amide bonds. The molecule has 0 saturated heterocycles. The predicted molar refractivity (Wildman–Crippen MR) is 110 cm³/mol. The van der Waals surface area contributed by atoms with Crippen molar-refractivity contribution in [2.24, 2.45) is 12.1 Å². The van der Waals surface area contributed by atoms with Crippen LogP contribution >= 0.6 is 11.8 Å². The van der Waals surface area contributed by atoms with Gasteiger partial charge in [0.05, 0.1) is 10.6 Å². The average Bonchev–Trinajstić information content (AvgIpc) is 3.15. The number of aromatic nitrogens is 3. The summed E-state index contributed by atoms with van der Waals surface area (Å²) in [4.78, 5) is 22.5. The molecule has 0 aliphatic heterocycles. The van der Waals surface area contributed by atoms with Gasteiger partial charge in [0.2, 0.25) is 0 Å². The first-order valence-corrected chi connectivity index (χ1v) is 9.58. The second kappa shape index (κ2) is 9.11. The van der Waals surface area contributed by atoms with Gasteiger partial charge in [-0.05, 0) is 42.3 Å². The summed E-state index contributed by atoms with van der Waals surface area (Å²) < 4.78 is 1.84. The van der Waals surface area contributed by atoms with Gasteiger partial charge in [-0.25, -0.2) is 5.43 Å². The van der Waals surface area contributed by atoms with Crippen molar-refractivity contribution < 1.29 is 9.72 Å². The Kier molecular flexibility index (Phi) is 6.35. The van der Waals surface area contributed by atoms with Crippen LogP contribution in [0.4, 0.5) is 5.69 Å². The molecule has 0 atom stereocenters. The molecule has 2 aromatic carbocycles. The molecule has 0 saturated carbocycles. The van der Waals surface area contributed by atoms with Crippen LogP contribution in [-0.4, -0.2) is 31.3 Å². The number of hydrazone groups is 1. The molecule has 0 radical (unpaired) electrons. The highest BCUT2D eigenvalue weighted by Crippen LogP contribution is 2.20. The predicted octanol–water partition coefficient (Wildman–Crippen LogP) is 3.17. The third-order valence-corrected chi connectivity index (χ3v) is 5.18. The highest BCUT2D eigenvalue weighted by atomic mass is 32.2. The van der Waals surface area contributed by atoms with Crippen molar-refractivity contribution in [3.63, 3.8) is 0 Å². The van der Waals surface area contributed by atoms with E-state index in [0.29, 0.717) is 22.6 Å². The summed E-state index contributed by atoms with van der Waals surface area (Å²) >= 11 is 1.56. The second-order valence-corrected chi connectivity index (χ2v) is 7.09. The minimum absolute atomic E-state index is 0.00279. The number of non-ortho nitro benzene ring substituents is 1. The van der Waals surface area contributed by atoms with E-state index in [1.54, 1.807) is 49.3 Å². The van der Waals surface area contributed by atoms with Gasteiger partial charge in [0.15, 0.2) is 5.16 Å². The molecule has 0 bridgehead atoms. The van der Waals surface area contributed by atoms with E-state index in [2.05, 4.69) is 20.7 Å². The number of carbonyl (C=O) groups is 1. The van der Waals surface area contributed by atoms with Gasteiger partial charge in [-0.15, -0.1) is 10.2 Å². The molecule has 3 rings (SSSR count). The third-order valence-electron chi connectivity index (χ3n) is 4.07. The van der Waals surface area contributed by atoms with Gasteiger partial charge in [-0.3, -0.25) is 14.9 Å². The van der Waals surface area contributed by atoms with E-state index in [4.69, 9.17) is 0 Å². The van der Waals surface area contributed by atoms with E-state index < -0.39 is 4.92 Å². The van der Waals surface area contributed by atoms with Crippen molar-refractivity contribution in [1.82, 2.24) is 20.2 Å². The molecular weight excluding hydrogens is 392 g/mol. The molecule has 10 heteroatoms. The third kappa shape index (κ3) is 5.26. The molecule has 29 heavy (non-hydrogen) atoms. The molecule has 0 aliphatic rings. The molecule has 148 valence electrons. The molecule has 0 unspecified atom stereocenters. The first kappa shape index (κ1) is 20.2. The van der Waals surface area contributed by atoms with E-state index >= 15 is 0 Å². The molecule has 0 fully saturated rings. The molecule has 9 nitrogen and oxygen atoms in total. The lowest BCUT2D eigenvalue weighted by Crippen LogP contribution is -2.19. The van der Waals surface area contributed by atoms with Crippen LogP contribution in [0.3, 0.4) is 0 Å². The summed E-state index contributed by atoms with van der Waals surface area (Å²) in [6.07, 6.45) is 1.65. The Balaban J connectivity index is 1.57. The molecule has 0 spiro atoms. The van der Waals surface area contributed by atoms with Gasteiger partial charge in [0.25, 0.3) is 11.6 Å². The van der Waals surface area contributed by atoms with Crippen LogP contribution < -0.4 is 5.43 Å². The summed E-state index contributed by atoms with van der Waals surface area (Å²) in [7, 11) is 1.88. The zero-order valence-electron chi connectivity index (χ0n) is 15.8. The fraction of sp³-hybridized carbons (Fsp3) is 0.158. The van der Waals surface area contributed by atoms with Gasteiger partial charge < -0.3 is 4.57 Å². The first-order chi connectivity index (χ1) is 13.9. The van der Waals surface area contributed by atoms with E-state index in [0.717, 1.165) is 10.7 Å². The van der Waals surface area contributed by atoms with Crippen molar-refractivity contribution >= 4 is 29.1 Å². The molecule has 0 aliphatic carbocycles. The lowest BCUT2D eigenvalue weighted by molar-refractivity contribution is -0.384. The zero-order valence-corrected chi connectivity index (χ0v) is 16.6. The fourth-order valence-corrected chi connectivity index (χ4v) is 3.24. The van der Waals surface area contributed by atoms with Crippen molar-refractivity contribution in [2.75, 3.05) is 0 Å². The fourth-order valence-electron chi connectivity index (χ4n) is 2.39. The Hall–Kier alpha value is -3.53. The normalized spacial score (nSPS) is 11.3. The molecule has 1 N–H and O–H groups in total. The molecule has 1 aromatic heterocycles. The number of benzene rings is 2. The molecule has 3 aromatic rings. The van der Waals surface area contributed by atoms with Crippen molar-refractivity contribution in [2.45, 2.75) is 17.8 Å². The number of hydrogen-bond donors (Lipinski definition) is 1. The maximum atomic E-state index is 12.3. The number of nitrogens with one attached hydrogen (secondary N) is 1. The number of amides is 1. The largest absolute Gasteiger partial charge is 0.312 e. The SMILES string of the molecule is C/C(=N/NC(=O)c1ccc(CSc2nncn2C)cc1)c1ccc([N+](=O)[O-])cc1. The average molecular weight is 410 g/mol. The second-order valence-electron chi connectivity index (χ2n) is 6.15. The number of hydrogen-bond acceptors (Lipinski definition) is 7. The van der Waals surface area contributed by atoms with Gasteiger partial charge >= 0.3 is 0 Å². The van der Waals surface area contributed by atoms with Crippen molar-refractivity contribution in [3.8, 4) is 0 Å². The number of carbonyl (C=O) groups excluding carboxylic acids is 1. The zero-order chi connectivity index (χ0) is 20.8. The lowest BCUT2D eigenvalue weighted by atomic mass is 10.1. The summed E-state index contributed by atoms with van der Waals surface area (Å²) in [5.74, 6) is 0.380. The van der Waals surface area contributed by atoms with Crippen LogP contribution in [0.1, 0.15) is 28.4 Å². The smallest absolute Gasteiger partial charge is 0.271 e. The maximum Gasteiger partial charge on any atom is 0.271 e. The van der Waals surface area contributed by atoms with E-state index in [-0.39, 0.29) is 11.6 Å². The minimum atomic E-state index is -0.465. The van der Waals surface area contributed by atoms with E-state index in [1.807, 2.05) is 23.7 Å². The summed E-state index contributed by atoms with van der Waals surface area (Å²) in [5, 5.41) is 23.5. The topological polar surface area (TPSA) is 115 Å². The van der Waals surface area contributed by atoms with Crippen LogP contribution in [0.5, 0.6) is 0 Å². The standard InChI is InChI=1S/C19H18N6O3S/c1-13(15-7-9-17(10-8-15)25(27)28)21-22-18(26)16-5-3-14(4-6-16)11-29-19-23-20-12-24(19)2/h3-10,12H,11H2,1-2H3,(H,22,26)/b21-13-. The van der Waals surface area contributed by atoms with Crippen molar-refractivity contribution in [1.29, 1.82) is 0 Å². The van der Waals surface area contributed by atoms with E-state index in [9.17, 15) is 14.9 Å². The van der Waals surface area contributed by atoms with Gasteiger partial charge in [0, 0.05) is 30.5 Å². The van der Waals surface area contributed by atoms with Gasteiger partial charge in [-0.1, -0.05) is 23.9 Å². The Bertz CT molecular complexity index is 1040. The quantitative estimate of drug-likeness (QED) is 0.277. The van der Waals surface area contributed by atoms with Crippen molar-refractivity contribution in [3.05, 3.63) is 81.7 Å². The van der Waals surface area contributed by atoms with Crippen LogP contribution in [0.2, 0.25) is 0 Å². The number of aryl methyl sites for hydroxylation is 1. The van der Waals surface area contributed by atoms with Gasteiger partial charge in [0.1, 0.15) is 6.33 Å². The Morgan fingerprint density at radius 1 is 1.17 bits per heavy atom. The summed E-state index contributed by atoms with van der Waals surface area (Å²) in [6, 6.07) is 13.2. The summed E-state index contributed by atoms with van der Waals surface area (Å²) in [5.41, 5.74) is 5.28. The monoisotopic (exact) mass is 410 g/mol. The Morgan fingerprint density at radius 3 is 2.41 bits per heavy atom. The molecular formula is C19H18N6O3S. The minimum Gasteiger partial charge on any atom is -0.312 e. The van der Waals surface area contributed by atoms with E-state index in [1.165, 1.54) is 12.1 Å². The number of nitro benzene ring substituents is 1. The van der Waals surface area contributed by atoms with Crippen LogP contribution in [0.25, 0.3) is 0 Å². The van der Waals surface area contributed by atoms with Crippen LogP contribution in [0.15, 0.2) is 65.1 Å². The van der Waals surface area contributed by atoms with Crippen LogP contribution in [0, 0.1) is 10.1 Å².